The Kier molecular flexibility index (Phi) is 7.93. The Morgan fingerprint density at radius 3 is 1.87 bits per heavy atom. The standard InChI is InChI=1S/C22H20Br2N2O4/c23-21(16-9-5-2-6-10-16)22(24)18-13-17(12-11-15-7-3-1-4-8-15)19(25(27)28)14-20(18)26(29)30/h1-14,21-22,25-27,29H/t21-,22-/m0/s1. The fraction of sp³-hybridized carbons (Fsp3) is 0.0909. The van der Waals surface area contributed by atoms with Crippen LogP contribution in [-0.4, -0.2) is 10.4 Å². The molecular formula is C22H20Br2N2O4. The lowest BCUT2D eigenvalue weighted by Crippen LogP contribution is -3.01. The van der Waals surface area contributed by atoms with Crippen molar-refractivity contribution in [2.45, 2.75) is 9.65 Å². The molecule has 4 atom stereocenters. The van der Waals surface area contributed by atoms with E-state index in [-0.39, 0.29) is 16.2 Å². The Bertz CT molecular complexity index is 999. The first-order valence-electron chi connectivity index (χ1n) is 9.09. The van der Waals surface area contributed by atoms with Crippen molar-refractivity contribution in [3.8, 4) is 0 Å². The van der Waals surface area contributed by atoms with Crippen LogP contribution < -0.4 is 10.5 Å². The molecule has 0 amide bonds. The van der Waals surface area contributed by atoms with Crippen LogP contribution in [0.25, 0.3) is 12.2 Å². The molecule has 0 aliphatic rings. The Labute approximate surface area is 191 Å². The predicted octanol–water partition coefficient (Wildman–Crippen LogP) is 4.24. The second-order valence-corrected chi connectivity index (χ2v) is 8.57. The van der Waals surface area contributed by atoms with Crippen molar-refractivity contribution in [1.29, 1.82) is 0 Å². The summed E-state index contributed by atoms with van der Waals surface area (Å²) in [5.74, 6) is 0. The van der Waals surface area contributed by atoms with Gasteiger partial charge in [-0.3, -0.25) is 0 Å². The average Bonchev–Trinajstić information content (AvgIpc) is 2.77. The highest BCUT2D eigenvalue weighted by Crippen LogP contribution is 2.45. The zero-order chi connectivity index (χ0) is 21.7. The van der Waals surface area contributed by atoms with Gasteiger partial charge >= 0.3 is 0 Å². The van der Waals surface area contributed by atoms with Crippen LogP contribution in [0.1, 0.15) is 31.9 Å². The lowest BCUT2D eigenvalue weighted by atomic mass is 9.98. The molecule has 0 saturated carbocycles. The first-order chi connectivity index (χ1) is 14.4. The van der Waals surface area contributed by atoms with E-state index in [0.29, 0.717) is 11.1 Å². The summed E-state index contributed by atoms with van der Waals surface area (Å²) >= 11 is 7.26. The van der Waals surface area contributed by atoms with Crippen LogP contribution in [0.5, 0.6) is 0 Å². The van der Waals surface area contributed by atoms with E-state index in [1.54, 1.807) is 18.2 Å². The topological polar surface area (TPSA) is 95.5 Å². The van der Waals surface area contributed by atoms with Crippen molar-refractivity contribution in [1.82, 2.24) is 0 Å². The molecule has 8 heteroatoms. The van der Waals surface area contributed by atoms with Crippen molar-refractivity contribution in [2.75, 3.05) is 0 Å². The Balaban J connectivity index is 2.08. The molecule has 4 N–H and O–H groups in total. The summed E-state index contributed by atoms with van der Waals surface area (Å²) in [5.41, 5.74) is 2.70. The van der Waals surface area contributed by atoms with E-state index in [2.05, 4.69) is 31.9 Å². The fourth-order valence-electron chi connectivity index (χ4n) is 3.08. The summed E-state index contributed by atoms with van der Waals surface area (Å²) in [5, 5.41) is 40.7. The van der Waals surface area contributed by atoms with Gasteiger partial charge in [-0.15, -0.1) is 0 Å². The monoisotopic (exact) mass is 534 g/mol. The third-order valence-electron chi connectivity index (χ3n) is 4.61. The highest BCUT2D eigenvalue weighted by molar-refractivity contribution is 9.12. The minimum absolute atomic E-state index is 0.0495. The maximum Gasteiger partial charge on any atom is 0.177 e. The molecule has 0 spiro atoms. The highest BCUT2D eigenvalue weighted by atomic mass is 79.9. The van der Waals surface area contributed by atoms with Crippen LogP contribution in [0.3, 0.4) is 0 Å². The molecular weight excluding hydrogens is 516 g/mol. The maximum atomic E-state index is 11.9. The number of benzene rings is 3. The number of nitrogens with one attached hydrogen (secondary N) is 2. The lowest BCUT2D eigenvalue weighted by Gasteiger charge is -2.24. The van der Waals surface area contributed by atoms with Gasteiger partial charge in [-0.2, -0.15) is 10.5 Å². The molecule has 3 aromatic rings. The number of rotatable bonds is 7. The molecule has 3 rings (SSSR count). The predicted molar refractivity (Wildman–Crippen MR) is 123 cm³/mol. The molecule has 0 heterocycles. The van der Waals surface area contributed by atoms with Gasteiger partial charge in [0, 0.05) is 11.1 Å². The normalized spacial score (nSPS) is 15.7. The van der Waals surface area contributed by atoms with Gasteiger partial charge in [-0.05, 0) is 23.3 Å². The van der Waals surface area contributed by atoms with Crippen molar-refractivity contribution < 1.29 is 20.9 Å². The number of hydrogen-bond acceptors (Lipinski definition) is 4. The zero-order valence-electron chi connectivity index (χ0n) is 15.7. The Hall–Kier alpha value is -1.88. The summed E-state index contributed by atoms with van der Waals surface area (Å²) in [6.45, 7) is 0. The molecule has 6 nitrogen and oxygen atoms in total. The smallest absolute Gasteiger partial charge is 0.177 e. The van der Waals surface area contributed by atoms with E-state index in [1.165, 1.54) is 6.07 Å². The molecule has 3 aromatic carbocycles. The highest BCUT2D eigenvalue weighted by Gasteiger charge is 2.27. The quantitative estimate of drug-likeness (QED) is 0.207. The van der Waals surface area contributed by atoms with E-state index >= 15 is 0 Å². The molecule has 30 heavy (non-hydrogen) atoms. The van der Waals surface area contributed by atoms with Gasteiger partial charge in [0.15, 0.2) is 11.4 Å². The summed E-state index contributed by atoms with van der Waals surface area (Å²) in [6, 6.07) is 21.9. The van der Waals surface area contributed by atoms with Gasteiger partial charge in [-0.25, -0.2) is 10.4 Å². The van der Waals surface area contributed by atoms with Gasteiger partial charge in [0.05, 0.1) is 15.7 Å². The lowest BCUT2D eigenvalue weighted by molar-refractivity contribution is -0.996. The van der Waals surface area contributed by atoms with Gasteiger partial charge in [-0.1, -0.05) is 98.6 Å². The van der Waals surface area contributed by atoms with Crippen molar-refractivity contribution in [2.24, 2.45) is 0 Å². The van der Waals surface area contributed by atoms with Crippen LogP contribution in [0.4, 0.5) is 11.4 Å². The van der Waals surface area contributed by atoms with Crippen LogP contribution in [0, 0.1) is 10.4 Å². The van der Waals surface area contributed by atoms with Crippen LogP contribution in [0.2, 0.25) is 0 Å². The minimum Gasteiger partial charge on any atom is -0.595 e. The summed E-state index contributed by atoms with van der Waals surface area (Å²) in [4.78, 5) is -0.601. The number of alkyl halides is 2. The Morgan fingerprint density at radius 2 is 1.30 bits per heavy atom. The Morgan fingerprint density at radius 1 is 0.733 bits per heavy atom. The first-order valence-corrected chi connectivity index (χ1v) is 10.9. The van der Waals surface area contributed by atoms with Crippen molar-refractivity contribution in [3.63, 3.8) is 0 Å². The molecule has 0 saturated heterocycles. The third kappa shape index (κ3) is 5.42. The largest absolute Gasteiger partial charge is 0.595 e. The van der Waals surface area contributed by atoms with E-state index in [0.717, 1.165) is 11.1 Å². The second kappa shape index (κ2) is 10.4. The van der Waals surface area contributed by atoms with Gasteiger partial charge in [0.25, 0.3) is 0 Å². The third-order valence-corrected chi connectivity index (χ3v) is 7.40. The maximum absolute atomic E-state index is 11.9. The number of quaternary nitrogens is 2. The minimum atomic E-state index is -1.18. The van der Waals surface area contributed by atoms with Crippen LogP contribution in [-0.2, 0) is 0 Å². The molecule has 2 unspecified atom stereocenters. The molecule has 0 radical (unpaired) electrons. The molecule has 0 fully saturated rings. The molecule has 0 aliphatic heterocycles. The molecule has 0 aliphatic carbocycles. The van der Waals surface area contributed by atoms with E-state index in [9.17, 15) is 20.8 Å². The number of hydrogen-bond donors (Lipinski definition) is 4. The van der Waals surface area contributed by atoms with E-state index < -0.39 is 15.3 Å². The fourth-order valence-corrected chi connectivity index (χ4v) is 4.36. The summed E-state index contributed by atoms with van der Waals surface area (Å²) in [7, 11) is 0. The molecule has 156 valence electrons. The van der Waals surface area contributed by atoms with Gasteiger partial charge < -0.3 is 10.4 Å². The second-order valence-electron chi connectivity index (χ2n) is 6.60. The zero-order valence-corrected chi connectivity index (χ0v) is 18.9. The van der Waals surface area contributed by atoms with Crippen molar-refractivity contribution >= 4 is 55.4 Å². The van der Waals surface area contributed by atoms with Gasteiger partial charge in [0.1, 0.15) is 0 Å². The van der Waals surface area contributed by atoms with E-state index in [1.807, 2.05) is 60.7 Å². The molecule has 0 aromatic heterocycles. The van der Waals surface area contributed by atoms with E-state index in [4.69, 9.17) is 0 Å². The first kappa shape index (κ1) is 22.8. The summed E-state index contributed by atoms with van der Waals surface area (Å²) in [6.07, 6.45) is 3.50. The van der Waals surface area contributed by atoms with Crippen LogP contribution in [0.15, 0.2) is 72.8 Å². The summed E-state index contributed by atoms with van der Waals surface area (Å²) < 4.78 is 0. The number of halogens is 2. The average molecular weight is 536 g/mol. The van der Waals surface area contributed by atoms with Gasteiger partial charge in [0.2, 0.25) is 0 Å². The molecule has 0 bridgehead atoms. The van der Waals surface area contributed by atoms with Crippen LogP contribution >= 0.6 is 31.9 Å². The SMILES string of the molecule is [O-][NH+](O)c1cc([NH+]([O-])O)c([C@H](Br)[C@@H](Br)c2ccccc2)cc1C=Cc1ccccc1. The van der Waals surface area contributed by atoms with Crippen molar-refractivity contribution in [3.05, 3.63) is 105 Å².